The second-order valence-corrected chi connectivity index (χ2v) is 17.2. The Balaban J connectivity index is 4.23. The zero-order valence-corrected chi connectivity index (χ0v) is 37.0. The third-order valence-electron chi connectivity index (χ3n) is 10.2. The lowest BCUT2D eigenvalue weighted by Gasteiger charge is -2.20. The number of phosphoric acid groups is 1. The molecule has 10 nitrogen and oxygen atoms in total. The van der Waals surface area contributed by atoms with Gasteiger partial charge in [0, 0.05) is 12.8 Å². The average Bonchev–Trinajstić information content (AvgIpc) is 3.19. The molecule has 332 valence electrons. The minimum atomic E-state index is -4.61. The molecule has 1 unspecified atom stereocenters. The van der Waals surface area contributed by atoms with Crippen LogP contribution in [0.4, 0.5) is 0 Å². The van der Waals surface area contributed by atoms with Gasteiger partial charge in [-0.3, -0.25) is 18.6 Å². The van der Waals surface area contributed by atoms with Crippen LogP contribution in [0, 0.1) is 0 Å². The number of esters is 2. The summed E-state index contributed by atoms with van der Waals surface area (Å²) in [4.78, 5) is 35.0. The molecule has 0 aromatic heterocycles. The van der Waals surface area contributed by atoms with Gasteiger partial charge < -0.3 is 24.6 Å². The van der Waals surface area contributed by atoms with Crippen molar-refractivity contribution in [2.24, 2.45) is 0 Å². The Labute approximate surface area is 343 Å². The van der Waals surface area contributed by atoms with Crippen molar-refractivity contribution >= 4 is 19.8 Å². The number of carbonyl (C=O) groups is 2. The number of aliphatic hydroxyl groups is 2. The Morgan fingerprint density at radius 1 is 0.518 bits per heavy atom. The highest BCUT2D eigenvalue weighted by molar-refractivity contribution is 7.47. The maximum Gasteiger partial charge on any atom is 0.472 e. The van der Waals surface area contributed by atoms with E-state index in [1.54, 1.807) is 0 Å². The lowest BCUT2D eigenvalue weighted by atomic mass is 10.0. The highest BCUT2D eigenvalue weighted by Crippen LogP contribution is 2.43. The summed E-state index contributed by atoms with van der Waals surface area (Å²) in [5, 5.41) is 18.3. The number of aliphatic hydroxyl groups excluding tert-OH is 2. The highest BCUT2D eigenvalue weighted by Gasteiger charge is 2.27. The van der Waals surface area contributed by atoms with Crippen LogP contribution in [-0.2, 0) is 32.7 Å². The van der Waals surface area contributed by atoms with E-state index in [2.05, 4.69) is 26.0 Å². The molecule has 0 aliphatic rings. The normalized spacial score (nSPS) is 13.9. The molecule has 11 heteroatoms. The smallest absolute Gasteiger partial charge is 0.462 e. The molecule has 56 heavy (non-hydrogen) atoms. The minimum absolute atomic E-state index is 0.184. The topological polar surface area (TPSA) is 149 Å². The second kappa shape index (κ2) is 41.9. The van der Waals surface area contributed by atoms with Gasteiger partial charge in [0.05, 0.1) is 19.8 Å². The predicted molar refractivity (Wildman–Crippen MR) is 229 cm³/mol. The van der Waals surface area contributed by atoms with Crippen LogP contribution in [0.1, 0.15) is 226 Å². The molecule has 0 bridgehead atoms. The first-order valence-corrected chi connectivity index (χ1v) is 24.6. The molecule has 0 heterocycles. The van der Waals surface area contributed by atoms with E-state index in [1.165, 1.54) is 141 Å². The van der Waals surface area contributed by atoms with Gasteiger partial charge in [-0.2, -0.15) is 0 Å². The first kappa shape index (κ1) is 54.7. The van der Waals surface area contributed by atoms with Crippen molar-refractivity contribution < 1.29 is 47.8 Å². The first-order chi connectivity index (χ1) is 27.2. The van der Waals surface area contributed by atoms with Gasteiger partial charge in [0.2, 0.25) is 0 Å². The maximum atomic E-state index is 12.6. The van der Waals surface area contributed by atoms with Crippen LogP contribution in [-0.4, -0.2) is 65.7 Å². The van der Waals surface area contributed by atoms with E-state index in [-0.39, 0.29) is 19.4 Å². The standard InChI is InChI=1S/C45H87O10P/c1-3-5-7-9-11-13-15-17-19-21-23-25-27-29-31-33-35-37-45(49)55-43(41-54-56(50,51)53-39-42(47)38-46)40-52-44(48)36-34-32-30-28-26-24-22-20-18-16-14-12-10-8-6-4-2/h17,19,42-43,46-47H,3-16,18,20-41H2,1-2H3,(H,50,51)/b19-17+/t42-,43+/m0/s1. The third kappa shape index (κ3) is 40.9. The number of hydrogen-bond acceptors (Lipinski definition) is 9. The zero-order chi connectivity index (χ0) is 41.2. The zero-order valence-electron chi connectivity index (χ0n) is 36.1. The number of rotatable bonds is 44. The summed E-state index contributed by atoms with van der Waals surface area (Å²) < 4.78 is 32.8. The van der Waals surface area contributed by atoms with Crippen molar-refractivity contribution in [1.29, 1.82) is 0 Å². The Morgan fingerprint density at radius 3 is 1.29 bits per heavy atom. The van der Waals surface area contributed by atoms with Gasteiger partial charge in [-0.25, -0.2) is 4.57 Å². The van der Waals surface area contributed by atoms with E-state index in [0.717, 1.165) is 44.9 Å². The van der Waals surface area contributed by atoms with Crippen LogP contribution < -0.4 is 0 Å². The fourth-order valence-electron chi connectivity index (χ4n) is 6.58. The molecular formula is C45H87O10P. The van der Waals surface area contributed by atoms with Crippen molar-refractivity contribution in [3.63, 3.8) is 0 Å². The molecule has 0 saturated heterocycles. The molecule has 0 aromatic carbocycles. The number of allylic oxidation sites excluding steroid dienone is 2. The number of phosphoric ester groups is 1. The van der Waals surface area contributed by atoms with Gasteiger partial charge in [0.15, 0.2) is 6.10 Å². The molecular weight excluding hydrogens is 731 g/mol. The van der Waals surface area contributed by atoms with E-state index in [1.807, 2.05) is 0 Å². The van der Waals surface area contributed by atoms with Crippen LogP contribution in [0.15, 0.2) is 12.2 Å². The van der Waals surface area contributed by atoms with Crippen molar-refractivity contribution in [3.8, 4) is 0 Å². The summed E-state index contributed by atoms with van der Waals surface area (Å²) in [6.45, 7) is 2.41. The fourth-order valence-corrected chi connectivity index (χ4v) is 7.37. The monoisotopic (exact) mass is 819 g/mol. The van der Waals surface area contributed by atoms with Crippen LogP contribution in [0.2, 0.25) is 0 Å². The first-order valence-electron chi connectivity index (χ1n) is 23.1. The van der Waals surface area contributed by atoms with Gasteiger partial charge in [-0.05, 0) is 38.5 Å². The molecule has 0 spiro atoms. The van der Waals surface area contributed by atoms with E-state index < -0.39 is 51.8 Å². The van der Waals surface area contributed by atoms with Crippen molar-refractivity contribution in [3.05, 3.63) is 12.2 Å². The molecule has 0 aliphatic heterocycles. The molecule has 0 aliphatic carbocycles. The lowest BCUT2D eigenvalue weighted by molar-refractivity contribution is -0.161. The quantitative estimate of drug-likeness (QED) is 0.0235. The SMILES string of the molecule is CCCCCCCC/C=C/CCCCCCCCCC(=O)O[C@H](COC(=O)CCCCCCCCCCCCCCCCCC)COP(=O)(O)OC[C@@H](O)CO. The summed E-state index contributed by atoms with van der Waals surface area (Å²) in [7, 11) is -4.61. The number of ether oxygens (including phenoxy) is 2. The number of hydrogen-bond donors (Lipinski definition) is 3. The number of unbranched alkanes of at least 4 members (excludes halogenated alkanes) is 28. The Hall–Kier alpha value is -1.29. The minimum Gasteiger partial charge on any atom is -0.462 e. The summed E-state index contributed by atoms with van der Waals surface area (Å²) in [6.07, 6.45) is 40.3. The van der Waals surface area contributed by atoms with Crippen LogP contribution in [0.3, 0.4) is 0 Å². The molecule has 0 aromatic rings. The maximum absolute atomic E-state index is 12.6. The number of carbonyl (C=O) groups excluding carboxylic acids is 2. The molecule has 3 N–H and O–H groups in total. The van der Waals surface area contributed by atoms with Crippen LogP contribution >= 0.6 is 7.82 Å². The Bertz CT molecular complexity index is 946. The molecule has 0 radical (unpaired) electrons. The van der Waals surface area contributed by atoms with E-state index in [0.29, 0.717) is 12.8 Å². The van der Waals surface area contributed by atoms with Crippen molar-refractivity contribution in [2.45, 2.75) is 238 Å². The molecule has 0 saturated carbocycles. The fraction of sp³-hybridized carbons (Fsp3) is 0.911. The summed E-state index contributed by atoms with van der Waals surface area (Å²) in [5.74, 6) is -0.917. The Kier molecular flexibility index (Phi) is 40.9. The van der Waals surface area contributed by atoms with E-state index >= 15 is 0 Å². The summed E-state index contributed by atoms with van der Waals surface area (Å²) in [5.41, 5.74) is 0. The Morgan fingerprint density at radius 2 is 0.875 bits per heavy atom. The summed E-state index contributed by atoms with van der Waals surface area (Å²) >= 11 is 0. The van der Waals surface area contributed by atoms with Crippen LogP contribution in [0.5, 0.6) is 0 Å². The van der Waals surface area contributed by atoms with E-state index in [4.69, 9.17) is 23.6 Å². The van der Waals surface area contributed by atoms with Gasteiger partial charge in [-0.1, -0.05) is 187 Å². The lowest BCUT2D eigenvalue weighted by Crippen LogP contribution is -2.29. The average molecular weight is 819 g/mol. The summed E-state index contributed by atoms with van der Waals surface area (Å²) in [6, 6.07) is 0. The molecule has 3 atom stereocenters. The molecule has 0 rings (SSSR count). The highest BCUT2D eigenvalue weighted by atomic mass is 31.2. The van der Waals surface area contributed by atoms with Gasteiger partial charge in [0.25, 0.3) is 0 Å². The third-order valence-corrected chi connectivity index (χ3v) is 11.1. The van der Waals surface area contributed by atoms with Crippen molar-refractivity contribution in [2.75, 3.05) is 26.4 Å². The predicted octanol–water partition coefficient (Wildman–Crippen LogP) is 12.4. The van der Waals surface area contributed by atoms with Crippen molar-refractivity contribution in [1.82, 2.24) is 0 Å². The van der Waals surface area contributed by atoms with Crippen LogP contribution in [0.25, 0.3) is 0 Å². The largest absolute Gasteiger partial charge is 0.472 e. The van der Waals surface area contributed by atoms with Gasteiger partial charge in [0.1, 0.15) is 12.7 Å². The van der Waals surface area contributed by atoms with E-state index in [9.17, 15) is 24.2 Å². The molecule has 0 fully saturated rings. The van der Waals surface area contributed by atoms with Gasteiger partial charge in [-0.15, -0.1) is 0 Å². The van der Waals surface area contributed by atoms with Gasteiger partial charge >= 0.3 is 19.8 Å². The molecule has 0 amide bonds. The second-order valence-electron chi connectivity index (χ2n) is 15.8.